The van der Waals surface area contributed by atoms with Crippen molar-refractivity contribution >= 4 is 22.3 Å². The van der Waals surface area contributed by atoms with Crippen molar-refractivity contribution in [2.24, 2.45) is 5.10 Å². The highest BCUT2D eigenvalue weighted by Crippen LogP contribution is 2.33. The van der Waals surface area contributed by atoms with Crippen molar-refractivity contribution in [1.82, 2.24) is 15.2 Å². The van der Waals surface area contributed by atoms with E-state index in [1.54, 1.807) is 0 Å². The largest absolute Gasteiger partial charge is 0.232 e. The van der Waals surface area contributed by atoms with E-state index < -0.39 is 0 Å². The van der Waals surface area contributed by atoms with E-state index in [9.17, 15) is 0 Å². The van der Waals surface area contributed by atoms with Crippen LogP contribution in [-0.2, 0) is 6.42 Å². The lowest BCUT2D eigenvalue weighted by atomic mass is 10.0. The predicted molar refractivity (Wildman–Crippen MR) is 121 cm³/mol. The summed E-state index contributed by atoms with van der Waals surface area (Å²) >= 11 is 0. The highest BCUT2D eigenvalue weighted by molar-refractivity contribution is 6.09. The van der Waals surface area contributed by atoms with Gasteiger partial charge in [0.05, 0.1) is 33.9 Å². The number of hydrogen-bond donors (Lipinski definition) is 0. The number of unbranched alkanes of at least 4 members (excludes halogenated alkanes) is 5. The minimum absolute atomic E-state index is 0.972. The topological polar surface area (TPSA) is 44.3 Å². The van der Waals surface area contributed by atoms with Crippen molar-refractivity contribution in [3.8, 4) is 5.69 Å². The minimum atomic E-state index is 0.972. The fourth-order valence-electron chi connectivity index (χ4n) is 4.18. The van der Waals surface area contributed by atoms with E-state index in [2.05, 4.69) is 71.5 Å². The zero-order chi connectivity index (χ0) is 20.1. The number of hydrogen-bond acceptors (Lipinski definition) is 2. The quantitative estimate of drug-likeness (QED) is 0.358. The van der Waals surface area contributed by atoms with Gasteiger partial charge in [-0.25, -0.2) is 4.68 Å². The van der Waals surface area contributed by atoms with Crippen LogP contribution in [0.4, 0.5) is 5.69 Å². The van der Waals surface area contributed by atoms with Crippen LogP contribution >= 0.6 is 0 Å². The van der Waals surface area contributed by atoms with Crippen LogP contribution in [0, 0.1) is 0 Å². The van der Waals surface area contributed by atoms with Gasteiger partial charge in [0.2, 0.25) is 0 Å². The first-order chi connectivity index (χ1) is 14.3. The van der Waals surface area contributed by atoms with E-state index in [4.69, 9.17) is 5.10 Å². The lowest BCUT2D eigenvalue weighted by Crippen LogP contribution is -2.06. The molecule has 0 unspecified atom stereocenters. The van der Waals surface area contributed by atoms with Crippen molar-refractivity contribution in [3.63, 3.8) is 0 Å². The molecule has 0 saturated carbocycles. The van der Waals surface area contributed by atoms with Gasteiger partial charge < -0.3 is 0 Å². The van der Waals surface area contributed by atoms with Crippen molar-refractivity contribution in [2.45, 2.75) is 71.6 Å². The Morgan fingerprint density at radius 1 is 0.793 bits per heavy atom. The predicted octanol–water partition coefficient (Wildman–Crippen LogP) is 6.68. The molecule has 0 aliphatic carbocycles. The van der Waals surface area contributed by atoms with Gasteiger partial charge >= 0.3 is 0 Å². The summed E-state index contributed by atoms with van der Waals surface area (Å²) < 4.78 is 2.12. The standard InChI is InChI=1S/C25H31N4/c1-3-5-7-9-15-21-25-22(27-26-21)16-12-18-24(25)29-23-17-11-10-13-19(23)20(28-29)14-8-6-4-2/h10-13,16-18H,3-9,14-15H2,1-2H3. The van der Waals surface area contributed by atoms with Crippen LogP contribution in [0.25, 0.3) is 16.6 Å². The number of aromatic nitrogens is 2. The summed E-state index contributed by atoms with van der Waals surface area (Å²) in [6.07, 6.45) is 10.6. The molecule has 1 aromatic heterocycles. The van der Waals surface area contributed by atoms with Crippen molar-refractivity contribution in [3.05, 3.63) is 53.7 Å². The van der Waals surface area contributed by atoms with E-state index in [0.717, 1.165) is 41.9 Å². The maximum Gasteiger partial charge on any atom is 0.0970 e. The van der Waals surface area contributed by atoms with Crippen molar-refractivity contribution in [2.75, 3.05) is 0 Å². The molecular formula is C25H31N4. The second kappa shape index (κ2) is 9.25. The number of para-hydroxylation sites is 1. The molecule has 29 heavy (non-hydrogen) atoms. The molecule has 0 saturated heterocycles. The lowest BCUT2D eigenvalue weighted by molar-refractivity contribution is 0.682. The van der Waals surface area contributed by atoms with E-state index >= 15 is 0 Å². The van der Waals surface area contributed by atoms with Crippen LogP contribution < -0.4 is 5.43 Å². The summed E-state index contributed by atoms with van der Waals surface area (Å²) in [5.74, 6) is 0. The zero-order valence-electron chi connectivity index (χ0n) is 17.7. The molecule has 1 aliphatic rings. The molecule has 2 aromatic carbocycles. The molecule has 4 rings (SSSR count). The molecule has 0 fully saturated rings. The third-order valence-corrected chi connectivity index (χ3v) is 5.76. The average Bonchev–Trinajstić information content (AvgIpc) is 3.33. The van der Waals surface area contributed by atoms with E-state index in [-0.39, 0.29) is 0 Å². The highest BCUT2D eigenvalue weighted by atomic mass is 15.3. The van der Waals surface area contributed by atoms with Gasteiger partial charge in [0.25, 0.3) is 0 Å². The third-order valence-electron chi connectivity index (χ3n) is 5.76. The number of nitrogens with zero attached hydrogens (tertiary/aromatic N) is 4. The monoisotopic (exact) mass is 387 g/mol. The molecule has 151 valence electrons. The Morgan fingerprint density at radius 2 is 1.59 bits per heavy atom. The van der Waals surface area contributed by atoms with Crippen LogP contribution in [0.3, 0.4) is 0 Å². The van der Waals surface area contributed by atoms with Crippen LogP contribution in [0.15, 0.2) is 47.6 Å². The van der Waals surface area contributed by atoms with Crippen LogP contribution in [0.1, 0.15) is 76.5 Å². The normalized spacial score (nSPS) is 12.8. The van der Waals surface area contributed by atoms with E-state index in [0.29, 0.717) is 0 Å². The summed E-state index contributed by atoms with van der Waals surface area (Å²) in [5, 5.41) is 10.9. The van der Waals surface area contributed by atoms with Crippen molar-refractivity contribution < 1.29 is 0 Å². The van der Waals surface area contributed by atoms with Crippen LogP contribution in [-0.4, -0.2) is 15.5 Å². The number of fused-ring (bicyclic) bond motifs is 2. The molecule has 4 nitrogen and oxygen atoms in total. The fraction of sp³-hybridized carbons (Fsp3) is 0.440. The van der Waals surface area contributed by atoms with Gasteiger partial charge in [-0.2, -0.15) is 15.6 Å². The second-order valence-electron chi connectivity index (χ2n) is 7.96. The fourth-order valence-corrected chi connectivity index (χ4v) is 4.18. The minimum Gasteiger partial charge on any atom is -0.232 e. The van der Waals surface area contributed by atoms with Crippen LogP contribution in [0.2, 0.25) is 0 Å². The van der Waals surface area contributed by atoms with E-state index in [1.165, 1.54) is 55.1 Å². The Hall–Kier alpha value is -2.62. The second-order valence-corrected chi connectivity index (χ2v) is 7.96. The molecule has 0 spiro atoms. The molecule has 4 heteroatoms. The summed E-state index contributed by atoms with van der Waals surface area (Å²) in [4.78, 5) is 0. The molecule has 1 radical (unpaired) electrons. The Labute approximate surface area is 174 Å². The molecule has 1 aliphatic heterocycles. The van der Waals surface area contributed by atoms with Gasteiger partial charge in [0.1, 0.15) is 0 Å². The molecule has 3 aromatic rings. The Bertz CT molecular complexity index is 999. The number of benzene rings is 2. The first-order valence-corrected chi connectivity index (χ1v) is 11.2. The van der Waals surface area contributed by atoms with Gasteiger partial charge in [-0.3, -0.25) is 0 Å². The maximum atomic E-state index is 5.07. The third kappa shape index (κ3) is 4.07. The number of rotatable bonds is 10. The van der Waals surface area contributed by atoms with Crippen molar-refractivity contribution in [1.29, 1.82) is 0 Å². The zero-order valence-corrected chi connectivity index (χ0v) is 17.7. The highest BCUT2D eigenvalue weighted by Gasteiger charge is 2.23. The van der Waals surface area contributed by atoms with Gasteiger partial charge in [-0.1, -0.05) is 70.2 Å². The summed E-state index contributed by atoms with van der Waals surface area (Å²) in [6.45, 7) is 4.49. The first kappa shape index (κ1) is 19.7. The smallest absolute Gasteiger partial charge is 0.0970 e. The van der Waals surface area contributed by atoms with E-state index in [1.807, 2.05) is 0 Å². The van der Waals surface area contributed by atoms with Gasteiger partial charge in [0.15, 0.2) is 0 Å². The lowest BCUT2D eigenvalue weighted by Gasteiger charge is -2.11. The maximum absolute atomic E-state index is 5.07. The summed E-state index contributed by atoms with van der Waals surface area (Å²) in [6, 6.07) is 14.9. The molecule has 2 heterocycles. The van der Waals surface area contributed by atoms with Gasteiger partial charge in [-0.05, 0) is 43.9 Å². The Balaban J connectivity index is 1.70. The molecule has 0 atom stereocenters. The summed E-state index contributed by atoms with van der Waals surface area (Å²) in [7, 11) is 0. The molecular weight excluding hydrogens is 356 g/mol. The SMILES string of the molecule is CCCCCCC1=N[N]c2cccc(-n3nc(CCCCC)c4ccccc43)c21. The molecule has 0 bridgehead atoms. The Morgan fingerprint density at radius 3 is 2.45 bits per heavy atom. The number of aryl methyl sites for hydroxylation is 1. The molecule has 0 N–H and O–H groups in total. The van der Waals surface area contributed by atoms with Crippen LogP contribution in [0.5, 0.6) is 0 Å². The average molecular weight is 388 g/mol. The van der Waals surface area contributed by atoms with Gasteiger partial charge in [0, 0.05) is 5.39 Å². The molecule has 0 amide bonds. The van der Waals surface area contributed by atoms with Gasteiger partial charge in [-0.15, -0.1) is 0 Å². The summed E-state index contributed by atoms with van der Waals surface area (Å²) in [5.41, 5.74) is 11.2. The first-order valence-electron chi connectivity index (χ1n) is 11.2. The Kier molecular flexibility index (Phi) is 6.28.